The van der Waals surface area contributed by atoms with E-state index in [2.05, 4.69) is 9.97 Å². The van der Waals surface area contributed by atoms with Gasteiger partial charge in [0.2, 0.25) is 0 Å². The zero-order valence-corrected chi connectivity index (χ0v) is 6.69. The molecule has 0 aliphatic carbocycles. The topological polar surface area (TPSA) is 28.7 Å². The average molecular weight is 163 g/mol. The lowest BCUT2D eigenvalue weighted by Gasteiger charge is -1.81. The van der Waals surface area contributed by atoms with Crippen LogP contribution in [0.2, 0.25) is 0 Å². The summed E-state index contributed by atoms with van der Waals surface area (Å²) in [6.07, 6.45) is 0. The molecule has 3 heteroatoms. The number of fused-ring (bicyclic) bond motifs is 1. The number of imidazole rings is 1. The normalized spacial score (nSPS) is 10.6. The Kier molecular flexibility index (Phi) is 1.58. The summed E-state index contributed by atoms with van der Waals surface area (Å²) in [7, 11) is 0. The van der Waals surface area contributed by atoms with Gasteiger partial charge >= 0.3 is 0 Å². The van der Waals surface area contributed by atoms with Crippen LogP contribution in [0.5, 0.6) is 0 Å². The molecule has 0 bridgehead atoms. The first-order valence-electron chi connectivity index (χ1n) is 3.42. The van der Waals surface area contributed by atoms with Crippen LogP contribution < -0.4 is 0 Å². The zero-order chi connectivity index (χ0) is 7.68. The molecular formula is C8H7N2S. The van der Waals surface area contributed by atoms with E-state index in [4.69, 9.17) is 12.6 Å². The van der Waals surface area contributed by atoms with Crippen molar-refractivity contribution < 1.29 is 0 Å². The second-order valence-corrected chi connectivity index (χ2v) is 2.63. The Labute approximate surface area is 70.1 Å². The summed E-state index contributed by atoms with van der Waals surface area (Å²) >= 11 is 4.87. The first kappa shape index (κ1) is 6.73. The molecule has 11 heavy (non-hydrogen) atoms. The fourth-order valence-electron chi connectivity index (χ4n) is 1.07. The van der Waals surface area contributed by atoms with Crippen molar-refractivity contribution in [1.82, 2.24) is 9.97 Å². The van der Waals surface area contributed by atoms with Crippen LogP contribution in [0.3, 0.4) is 0 Å². The Morgan fingerprint density at radius 3 is 2.91 bits per heavy atom. The summed E-state index contributed by atoms with van der Waals surface area (Å²) in [6.45, 7) is 0. The van der Waals surface area contributed by atoms with Crippen LogP contribution in [0.25, 0.3) is 11.0 Å². The highest BCUT2D eigenvalue weighted by molar-refractivity contribution is 7.79. The lowest BCUT2D eigenvalue weighted by atomic mass is 10.3. The van der Waals surface area contributed by atoms with Crippen LogP contribution in [-0.2, 0) is 5.75 Å². The van der Waals surface area contributed by atoms with Crippen LogP contribution in [0, 0.1) is 0 Å². The molecule has 1 heterocycles. The maximum absolute atomic E-state index is 4.87. The third-order valence-electron chi connectivity index (χ3n) is 1.58. The van der Waals surface area contributed by atoms with Gasteiger partial charge in [0.15, 0.2) is 0 Å². The number of hydrogen-bond donors (Lipinski definition) is 1. The molecule has 0 unspecified atom stereocenters. The van der Waals surface area contributed by atoms with Crippen molar-refractivity contribution in [2.75, 3.05) is 0 Å². The van der Waals surface area contributed by atoms with Crippen molar-refractivity contribution in [3.8, 4) is 0 Å². The molecule has 0 fully saturated rings. The molecule has 1 aromatic heterocycles. The maximum Gasteiger partial charge on any atom is 0.118 e. The van der Waals surface area contributed by atoms with Crippen LogP contribution >= 0.6 is 12.6 Å². The van der Waals surface area contributed by atoms with Gasteiger partial charge in [-0.3, -0.25) is 0 Å². The number of aromatic nitrogens is 2. The van der Waals surface area contributed by atoms with Gasteiger partial charge in [0, 0.05) is 0 Å². The standard InChI is InChI=1S/C8H7N2S/c11-5-8-9-6-3-1-2-4-7(6)10-8/h1-4H,5H2,(H,9,10). The number of hydrogen-bond acceptors (Lipinski definition) is 1. The molecule has 2 aromatic rings. The third-order valence-corrected chi connectivity index (χ3v) is 1.85. The summed E-state index contributed by atoms with van der Waals surface area (Å²) in [4.78, 5) is 7.40. The molecule has 55 valence electrons. The van der Waals surface area contributed by atoms with E-state index in [0.717, 1.165) is 16.9 Å². The Bertz CT molecular complexity index is 334. The minimum atomic E-state index is 0.550. The number of aromatic amines is 1. The second-order valence-electron chi connectivity index (χ2n) is 2.34. The molecule has 0 saturated heterocycles. The SMILES string of the molecule is [S]Cc1nc2ccccc2[nH]1. The lowest BCUT2D eigenvalue weighted by Crippen LogP contribution is -1.77. The molecule has 0 spiro atoms. The molecule has 0 aliphatic rings. The van der Waals surface area contributed by atoms with E-state index < -0.39 is 0 Å². The predicted molar refractivity (Wildman–Crippen MR) is 47.4 cm³/mol. The molecule has 0 amide bonds. The Morgan fingerprint density at radius 2 is 2.18 bits per heavy atom. The van der Waals surface area contributed by atoms with Gasteiger partial charge in [-0.15, -0.1) is 0 Å². The van der Waals surface area contributed by atoms with E-state index in [1.54, 1.807) is 0 Å². The van der Waals surface area contributed by atoms with Crippen molar-refractivity contribution in [3.05, 3.63) is 30.1 Å². The summed E-state index contributed by atoms with van der Waals surface area (Å²) < 4.78 is 0. The molecule has 1 N–H and O–H groups in total. The fourth-order valence-corrected chi connectivity index (χ4v) is 1.21. The first-order valence-corrected chi connectivity index (χ1v) is 3.99. The molecule has 1 radical (unpaired) electrons. The van der Waals surface area contributed by atoms with Gasteiger partial charge in [-0.25, -0.2) is 4.98 Å². The number of benzene rings is 1. The van der Waals surface area contributed by atoms with Crippen LogP contribution in [-0.4, -0.2) is 9.97 Å². The summed E-state index contributed by atoms with van der Waals surface area (Å²) in [5, 5.41) is 0. The average Bonchev–Trinajstić information content (AvgIpc) is 2.46. The molecular weight excluding hydrogens is 156 g/mol. The quantitative estimate of drug-likeness (QED) is 0.686. The highest BCUT2D eigenvalue weighted by atomic mass is 32.1. The maximum atomic E-state index is 4.87. The van der Waals surface area contributed by atoms with E-state index in [0.29, 0.717) is 5.75 Å². The van der Waals surface area contributed by atoms with E-state index in [1.807, 2.05) is 24.3 Å². The largest absolute Gasteiger partial charge is 0.341 e. The lowest BCUT2D eigenvalue weighted by molar-refractivity contribution is 1.15. The zero-order valence-electron chi connectivity index (χ0n) is 5.87. The van der Waals surface area contributed by atoms with Crippen molar-refractivity contribution >= 4 is 23.7 Å². The smallest absolute Gasteiger partial charge is 0.118 e. The van der Waals surface area contributed by atoms with Crippen molar-refractivity contribution in [2.45, 2.75) is 5.75 Å². The van der Waals surface area contributed by atoms with Gasteiger partial charge in [0.25, 0.3) is 0 Å². The van der Waals surface area contributed by atoms with Gasteiger partial charge in [0.1, 0.15) is 5.82 Å². The number of rotatable bonds is 1. The van der Waals surface area contributed by atoms with Gasteiger partial charge in [-0.05, 0) is 12.1 Å². The van der Waals surface area contributed by atoms with Gasteiger partial charge in [0.05, 0.1) is 16.8 Å². The Balaban J connectivity index is 2.69. The second kappa shape index (κ2) is 2.58. The number of H-pyrrole nitrogens is 1. The highest BCUT2D eigenvalue weighted by Crippen LogP contribution is 2.10. The molecule has 1 aromatic carbocycles. The van der Waals surface area contributed by atoms with Crippen LogP contribution in [0.4, 0.5) is 0 Å². The van der Waals surface area contributed by atoms with E-state index in [1.165, 1.54) is 0 Å². The minimum Gasteiger partial charge on any atom is -0.341 e. The van der Waals surface area contributed by atoms with Crippen LogP contribution in [0.1, 0.15) is 5.82 Å². The van der Waals surface area contributed by atoms with Crippen molar-refractivity contribution in [3.63, 3.8) is 0 Å². The monoisotopic (exact) mass is 163 g/mol. The van der Waals surface area contributed by atoms with E-state index >= 15 is 0 Å². The highest BCUT2D eigenvalue weighted by Gasteiger charge is 1.97. The first-order chi connectivity index (χ1) is 5.40. The van der Waals surface area contributed by atoms with Gasteiger partial charge in [-0.2, -0.15) is 0 Å². The van der Waals surface area contributed by atoms with Gasteiger partial charge < -0.3 is 4.98 Å². The molecule has 0 atom stereocenters. The number of nitrogens with one attached hydrogen (secondary N) is 1. The summed E-state index contributed by atoms with van der Waals surface area (Å²) in [6, 6.07) is 7.92. The van der Waals surface area contributed by atoms with Crippen molar-refractivity contribution in [1.29, 1.82) is 0 Å². The minimum absolute atomic E-state index is 0.550. The molecule has 0 saturated carbocycles. The number of para-hydroxylation sites is 2. The molecule has 0 aliphatic heterocycles. The van der Waals surface area contributed by atoms with Crippen LogP contribution in [0.15, 0.2) is 24.3 Å². The third kappa shape index (κ3) is 1.12. The molecule has 2 nitrogen and oxygen atoms in total. The van der Waals surface area contributed by atoms with Crippen molar-refractivity contribution in [2.24, 2.45) is 0 Å². The molecule has 2 rings (SSSR count). The summed E-state index contributed by atoms with van der Waals surface area (Å²) in [5.74, 6) is 1.43. The Hall–Kier alpha value is -0.960. The van der Waals surface area contributed by atoms with E-state index in [9.17, 15) is 0 Å². The summed E-state index contributed by atoms with van der Waals surface area (Å²) in [5.41, 5.74) is 2.06. The fraction of sp³-hybridized carbons (Fsp3) is 0.125. The Morgan fingerprint density at radius 1 is 1.36 bits per heavy atom. The predicted octanol–water partition coefficient (Wildman–Crippen LogP) is 2.26. The van der Waals surface area contributed by atoms with Gasteiger partial charge in [-0.1, -0.05) is 24.8 Å². The number of nitrogens with zero attached hydrogens (tertiary/aromatic N) is 1. The van der Waals surface area contributed by atoms with E-state index in [-0.39, 0.29) is 0 Å².